The Kier molecular flexibility index (Phi) is 5.17. The van der Waals surface area contributed by atoms with Crippen LogP contribution in [0.2, 0.25) is 0 Å². The molecule has 3 rings (SSSR count). The van der Waals surface area contributed by atoms with Crippen LogP contribution in [-0.4, -0.2) is 29.6 Å². The number of rotatable bonds is 6. The third-order valence-electron chi connectivity index (χ3n) is 4.25. The summed E-state index contributed by atoms with van der Waals surface area (Å²) in [6.45, 7) is 7.23. The summed E-state index contributed by atoms with van der Waals surface area (Å²) in [5.41, 5.74) is 0.710. The quantitative estimate of drug-likeness (QED) is 0.776. The fourth-order valence-corrected chi connectivity index (χ4v) is 2.62. The normalized spacial score (nSPS) is 15.5. The number of esters is 1. The van der Waals surface area contributed by atoms with Gasteiger partial charge in [0.2, 0.25) is 6.29 Å². The third-order valence-corrected chi connectivity index (χ3v) is 4.25. The van der Waals surface area contributed by atoms with Gasteiger partial charge in [-0.05, 0) is 51.5 Å². The highest BCUT2D eigenvalue weighted by Gasteiger charge is 2.33. The molecule has 6 nitrogen and oxygen atoms in total. The zero-order valence-corrected chi connectivity index (χ0v) is 15.9. The van der Waals surface area contributed by atoms with Gasteiger partial charge in [-0.3, -0.25) is 0 Å². The lowest BCUT2D eigenvalue weighted by Gasteiger charge is -2.24. The van der Waals surface area contributed by atoms with Gasteiger partial charge in [0.1, 0.15) is 11.5 Å². The smallest absolute Gasteiger partial charge is 0.349 e. The molecule has 1 N–H and O–H groups in total. The van der Waals surface area contributed by atoms with Crippen LogP contribution >= 0.6 is 0 Å². The first-order valence-electron chi connectivity index (χ1n) is 8.84. The average molecular weight is 372 g/mol. The molecule has 1 aliphatic heterocycles. The Morgan fingerprint density at radius 1 is 1.11 bits per heavy atom. The van der Waals surface area contributed by atoms with Crippen LogP contribution < -0.4 is 14.2 Å². The van der Waals surface area contributed by atoms with Gasteiger partial charge in [0.15, 0.2) is 17.1 Å². The van der Waals surface area contributed by atoms with Gasteiger partial charge in [-0.2, -0.15) is 0 Å². The van der Waals surface area contributed by atoms with Crippen LogP contribution in [-0.2, 0) is 9.53 Å². The van der Waals surface area contributed by atoms with Crippen molar-refractivity contribution in [2.24, 2.45) is 0 Å². The molecule has 0 bridgehead atoms. The number of phenols is 1. The first-order valence-corrected chi connectivity index (χ1v) is 8.84. The number of aromatic hydroxyl groups is 1. The van der Waals surface area contributed by atoms with E-state index in [2.05, 4.69) is 0 Å². The van der Waals surface area contributed by atoms with Gasteiger partial charge in [0.05, 0.1) is 13.0 Å². The Morgan fingerprint density at radius 3 is 2.41 bits per heavy atom. The number of hydrogen-bond donors (Lipinski definition) is 1. The molecule has 6 heteroatoms. The summed E-state index contributed by atoms with van der Waals surface area (Å²) in [6.07, 6.45) is -0.198. The number of benzene rings is 2. The zero-order valence-electron chi connectivity index (χ0n) is 15.9. The minimum atomic E-state index is -1.11. The van der Waals surface area contributed by atoms with Crippen molar-refractivity contribution in [2.75, 3.05) is 6.61 Å². The number of ether oxygens (including phenoxy) is 4. The molecule has 1 heterocycles. The van der Waals surface area contributed by atoms with Crippen molar-refractivity contribution in [3.05, 3.63) is 47.5 Å². The average Bonchev–Trinajstić information content (AvgIpc) is 2.98. The molecule has 1 aliphatic rings. The molecule has 1 unspecified atom stereocenters. The molecule has 0 radical (unpaired) electrons. The number of aryl methyl sites for hydroxylation is 2. The van der Waals surface area contributed by atoms with Crippen molar-refractivity contribution in [3.8, 4) is 23.0 Å². The van der Waals surface area contributed by atoms with Gasteiger partial charge >= 0.3 is 5.97 Å². The number of phenolic OH excluding ortho intramolecular Hbond substituents is 1. The van der Waals surface area contributed by atoms with Gasteiger partial charge in [-0.15, -0.1) is 0 Å². The van der Waals surface area contributed by atoms with E-state index in [1.165, 1.54) is 6.07 Å². The Hall–Kier alpha value is -2.89. The number of carbonyl (C=O) groups is 1. The van der Waals surface area contributed by atoms with Crippen LogP contribution in [0.4, 0.5) is 0 Å². The zero-order chi connectivity index (χ0) is 19.6. The van der Waals surface area contributed by atoms with E-state index in [-0.39, 0.29) is 12.4 Å². The van der Waals surface area contributed by atoms with Crippen LogP contribution in [0.25, 0.3) is 0 Å². The summed E-state index contributed by atoms with van der Waals surface area (Å²) >= 11 is 0. The molecule has 2 aromatic rings. The maximum Gasteiger partial charge on any atom is 0.349 e. The Bertz CT molecular complexity index is 794. The Morgan fingerprint density at radius 2 is 1.74 bits per heavy atom. The molecule has 27 heavy (non-hydrogen) atoms. The monoisotopic (exact) mass is 372 g/mol. The second-order valence-corrected chi connectivity index (χ2v) is 7.10. The summed E-state index contributed by atoms with van der Waals surface area (Å²) in [4.78, 5) is 12.4. The molecule has 1 atom stereocenters. The first kappa shape index (κ1) is 18.9. The van der Waals surface area contributed by atoms with Crippen molar-refractivity contribution in [1.82, 2.24) is 0 Å². The van der Waals surface area contributed by atoms with Gasteiger partial charge in [0, 0.05) is 6.07 Å². The molecule has 0 amide bonds. The summed E-state index contributed by atoms with van der Waals surface area (Å²) in [7, 11) is 0. The fraction of sp³-hybridized carbons (Fsp3) is 0.381. The highest BCUT2D eigenvalue weighted by molar-refractivity contribution is 5.79. The molecule has 0 fully saturated rings. The van der Waals surface area contributed by atoms with Crippen LogP contribution in [0.1, 0.15) is 31.4 Å². The topological polar surface area (TPSA) is 74.2 Å². The van der Waals surface area contributed by atoms with E-state index in [9.17, 15) is 9.90 Å². The van der Waals surface area contributed by atoms with Crippen molar-refractivity contribution in [3.63, 3.8) is 0 Å². The molecular formula is C21H24O6. The van der Waals surface area contributed by atoms with Crippen LogP contribution in [0, 0.1) is 13.8 Å². The van der Waals surface area contributed by atoms with Crippen molar-refractivity contribution >= 4 is 5.97 Å². The summed E-state index contributed by atoms with van der Waals surface area (Å²) in [5.74, 6) is 1.35. The fourth-order valence-electron chi connectivity index (χ4n) is 2.62. The highest BCUT2D eigenvalue weighted by Crippen LogP contribution is 2.39. The Balaban J connectivity index is 1.48. The number of hydrogen-bond acceptors (Lipinski definition) is 6. The third kappa shape index (κ3) is 4.45. The largest absolute Gasteiger partial charge is 0.508 e. The molecule has 0 saturated carbocycles. The molecule has 0 saturated heterocycles. The highest BCUT2D eigenvalue weighted by atomic mass is 16.7. The Labute approximate surface area is 158 Å². The predicted molar refractivity (Wildman–Crippen MR) is 99.3 cm³/mol. The second-order valence-electron chi connectivity index (χ2n) is 7.10. The lowest BCUT2D eigenvalue weighted by atomic mass is 10.1. The van der Waals surface area contributed by atoms with E-state index in [1.807, 2.05) is 31.2 Å². The molecule has 0 aliphatic carbocycles. The number of fused-ring (bicyclic) bond motifs is 1. The van der Waals surface area contributed by atoms with E-state index in [4.69, 9.17) is 18.9 Å². The van der Waals surface area contributed by atoms with Gasteiger partial charge in [-0.1, -0.05) is 17.7 Å². The minimum Gasteiger partial charge on any atom is -0.508 e. The minimum absolute atomic E-state index is 0.128. The summed E-state index contributed by atoms with van der Waals surface area (Å²) in [6, 6.07) is 10.7. The molecule has 2 aromatic carbocycles. The van der Waals surface area contributed by atoms with Crippen LogP contribution in [0.15, 0.2) is 36.4 Å². The maximum absolute atomic E-state index is 12.4. The van der Waals surface area contributed by atoms with E-state index in [1.54, 1.807) is 26.8 Å². The first-order chi connectivity index (χ1) is 12.7. The predicted octanol–water partition coefficient (Wildman–Crippen LogP) is 3.90. The molecular weight excluding hydrogens is 348 g/mol. The van der Waals surface area contributed by atoms with Gasteiger partial charge < -0.3 is 24.1 Å². The van der Waals surface area contributed by atoms with Crippen molar-refractivity contribution in [2.45, 2.75) is 46.0 Å². The van der Waals surface area contributed by atoms with E-state index >= 15 is 0 Å². The van der Waals surface area contributed by atoms with Crippen LogP contribution in [0.5, 0.6) is 23.0 Å². The van der Waals surface area contributed by atoms with E-state index in [0.717, 1.165) is 5.56 Å². The van der Waals surface area contributed by atoms with E-state index < -0.39 is 17.9 Å². The van der Waals surface area contributed by atoms with Gasteiger partial charge in [-0.25, -0.2) is 4.79 Å². The standard InChI is InChI=1S/C21H24O6/c1-13-5-7-15(8-6-13)27-21(3,4)20(23)24-10-9-19-25-17-11-14(2)16(22)12-18(17)26-19/h5-8,11-12,19,22H,9-10H2,1-4H3. The summed E-state index contributed by atoms with van der Waals surface area (Å²) in [5, 5.41) is 9.73. The van der Waals surface area contributed by atoms with Crippen molar-refractivity contribution in [1.29, 1.82) is 0 Å². The molecule has 0 spiro atoms. The maximum atomic E-state index is 12.4. The summed E-state index contributed by atoms with van der Waals surface area (Å²) < 4.78 is 22.4. The van der Waals surface area contributed by atoms with Crippen LogP contribution in [0.3, 0.4) is 0 Å². The SMILES string of the molecule is Cc1ccc(OC(C)(C)C(=O)OCCC2Oc3cc(C)c(O)cc3O2)cc1. The van der Waals surface area contributed by atoms with Crippen molar-refractivity contribution < 1.29 is 28.8 Å². The molecule has 144 valence electrons. The molecule has 0 aromatic heterocycles. The van der Waals surface area contributed by atoms with Gasteiger partial charge in [0.25, 0.3) is 0 Å². The second kappa shape index (κ2) is 7.39. The lowest BCUT2D eigenvalue weighted by Crippen LogP contribution is -2.40. The number of carbonyl (C=O) groups excluding carboxylic acids is 1. The lowest BCUT2D eigenvalue weighted by molar-refractivity contribution is -0.160. The van der Waals surface area contributed by atoms with E-state index in [0.29, 0.717) is 29.2 Å².